The Morgan fingerprint density at radius 2 is 2.04 bits per heavy atom. The predicted molar refractivity (Wildman–Crippen MR) is 109 cm³/mol. The molecule has 5 nitrogen and oxygen atoms in total. The quantitative estimate of drug-likeness (QED) is 0.616. The summed E-state index contributed by atoms with van der Waals surface area (Å²) in [6.07, 6.45) is 4.81. The van der Waals surface area contributed by atoms with Crippen molar-refractivity contribution in [2.45, 2.75) is 12.3 Å². The lowest BCUT2D eigenvalue weighted by Crippen LogP contribution is -2.40. The van der Waals surface area contributed by atoms with Gasteiger partial charge in [-0.3, -0.25) is 14.6 Å². The third-order valence-electron chi connectivity index (χ3n) is 4.81. The molecule has 6 heteroatoms. The van der Waals surface area contributed by atoms with Gasteiger partial charge in [-0.2, -0.15) is 0 Å². The van der Waals surface area contributed by atoms with Crippen LogP contribution in [0.5, 0.6) is 5.75 Å². The highest BCUT2D eigenvalue weighted by atomic mass is 35.5. The number of fused-ring (bicyclic) bond motifs is 2. The van der Waals surface area contributed by atoms with E-state index in [-0.39, 0.29) is 5.91 Å². The third kappa shape index (κ3) is 3.14. The second-order valence-corrected chi connectivity index (χ2v) is 6.90. The number of hydrogen-bond acceptors (Lipinski definition) is 4. The minimum Gasteiger partial charge on any atom is -0.493 e. The maximum Gasteiger partial charge on any atom is 0.257 e. The van der Waals surface area contributed by atoms with Gasteiger partial charge in [-0.25, -0.2) is 4.90 Å². The molecule has 1 atom stereocenters. The van der Waals surface area contributed by atoms with Crippen LogP contribution in [0.15, 0.2) is 67.5 Å². The summed E-state index contributed by atoms with van der Waals surface area (Å²) >= 11 is 6.14. The van der Waals surface area contributed by atoms with Crippen LogP contribution in [-0.2, 0) is 9.59 Å². The van der Waals surface area contributed by atoms with Crippen LogP contribution in [0, 0.1) is 0 Å². The molecule has 0 fully saturated rings. The Morgan fingerprint density at radius 1 is 1.21 bits per heavy atom. The summed E-state index contributed by atoms with van der Waals surface area (Å²) in [5.74, 6) is -0.797. The zero-order chi connectivity index (χ0) is 19.7. The van der Waals surface area contributed by atoms with Crippen LogP contribution in [0.4, 0.5) is 5.69 Å². The first-order valence-corrected chi connectivity index (χ1v) is 9.23. The summed E-state index contributed by atoms with van der Waals surface area (Å²) < 4.78 is 5.65. The molecule has 0 unspecified atom stereocenters. The lowest BCUT2D eigenvalue weighted by atomic mass is 9.91. The maximum atomic E-state index is 13.5. The highest BCUT2D eigenvalue weighted by Gasteiger charge is 2.35. The zero-order valence-electron chi connectivity index (χ0n) is 15.0. The molecule has 0 saturated carbocycles. The Labute approximate surface area is 167 Å². The monoisotopic (exact) mass is 392 g/mol. The first-order chi connectivity index (χ1) is 13.6. The predicted octanol–water partition coefficient (Wildman–Crippen LogP) is 4.50. The molecule has 140 valence electrons. The number of carbonyl (C=O) groups is 2. The van der Waals surface area contributed by atoms with Crippen molar-refractivity contribution in [2.24, 2.45) is 0 Å². The van der Waals surface area contributed by atoms with Gasteiger partial charge < -0.3 is 4.74 Å². The second-order valence-electron chi connectivity index (χ2n) is 6.47. The van der Waals surface area contributed by atoms with Gasteiger partial charge in [0.1, 0.15) is 5.75 Å². The summed E-state index contributed by atoms with van der Waals surface area (Å²) in [4.78, 5) is 31.6. The number of amides is 2. The molecule has 1 aliphatic rings. The van der Waals surface area contributed by atoms with Gasteiger partial charge in [0.05, 0.1) is 24.4 Å². The highest BCUT2D eigenvalue weighted by molar-refractivity contribution is 6.30. The smallest absolute Gasteiger partial charge is 0.257 e. The Kier molecular flexibility index (Phi) is 4.84. The molecule has 28 heavy (non-hydrogen) atoms. The number of hydrogen-bond donors (Lipinski definition) is 0. The van der Waals surface area contributed by atoms with Crippen LogP contribution < -0.4 is 9.64 Å². The van der Waals surface area contributed by atoms with E-state index in [1.54, 1.807) is 24.4 Å². The summed E-state index contributed by atoms with van der Waals surface area (Å²) in [5, 5.41) is 2.11. The van der Waals surface area contributed by atoms with Crippen molar-refractivity contribution in [3.63, 3.8) is 0 Å². The third-order valence-corrected chi connectivity index (χ3v) is 5.05. The van der Waals surface area contributed by atoms with Crippen LogP contribution in [0.3, 0.4) is 0 Å². The lowest BCUT2D eigenvalue weighted by Gasteiger charge is -2.30. The molecule has 2 heterocycles. The number of aromatic nitrogens is 1. The maximum absolute atomic E-state index is 13.5. The summed E-state index contributed by atoms with van der Waals surface area (Å²) in [5.41, 5.74) is 1.11. The van der Waals surface area contributed by atoms with Crippen molar-refractivity contribution in [2.75, 3.05) is 11.5 Å². The fraction of sp³-hybridized carbons (Fsp3) is 0.136. The SMILES string of the molecule is C=CC(=O)N(C(=O)[C@H]1CCOc2ccc(Cl)cc21)c1cncc2ccccc12. The number of carbonyl (C=O) groups excluding carboxylic acids is 2. The molecule has 0 bridgehead atoms. The van der Waals surface area contributed by atoms with Crippen LogP contribution in [0.25, 0.3) is 10.8 Å². The van der Waals surface area contributed by atoms with Crippen LogP contribution in [-0.4, -0.2) is 23.4 Å². The van der Waals surface area contributed by atoms with Crippen molar-refractivity contribution in [3.8, 4) is 5.75 Å². The molecule has 3 aromatic rings. The molecular formula is C22H17ClN2O3. The molecule has 0 saturated heterocycles. The highest BCUT2D eigenvalue weighted by Crippen LogP contribution is 2.38. The minimum absolute atomic E-state index is 0.352. The number of rotatable bonds is 3. The van der Waals surface area contributed by atoms with Crippen molar-refractivity contribution in [1.82, 2.24) is 4.98 Å². The van der Waals surface area contributed by atoms with Gasteiger partial charge >= 0.3 is 0 Å². The number of halogens is 1. The number of ether oxygens (including phenoxy) is 1. The number of nitrogens with zero attached hydrogens (tertiary/aromatic N) is 2. The molecule has 1 aromatic heterocycles. The van der Waals surface area contributed by atoms with E-state index in [1.807, 2.05) is 24.3 Å². The minimum atomic E-state index is -0.551. The van der Waals surface area contributed by atoms with E-state index in [2.05, 4.69) is 11.6 Å². The van der Waals surface area contributed by atoms with Crippen molar-refractivity contribution in [1.29, 1.82) is 0 Å². The fourth-order valence-corrected chi connectivity index (χ4v) is 3.67. The first kappa shape index (κ1) is 18.2. The molecular weight excluding hydrogens is 376 g/mol. The lowest BCUT2D eigenvalue weighted by molar-refractivity contribution is -0.125. The van der Waals surface area contributed by atoms with Gasteiger partial charge in [-0.1, -0.05) is 42.4 Å². The molecule has 1 aliphatic heterocycles. The van der Waals surface area contributed by atoms with E-state index >= 15 is 0 Å². The standard InChI is InChI=1S/C22H17ClN2O3/c1-2-21(26)25(19-13-24-12-14-5-3-4-6-16(14)19)22(27)17-9-10-28-20-8-7-15(23)11-18(17)20/h2-8,11-13,17H,1,9-10H2/t17-/m0/s1. The van der Waals surface area contributed by atoms with Crippen molar-refractivity contribution < 1.29 is 14.3 Å². The number of benzene rings is 2. The number of anilines is 1. The average Bonchev–Trinajstić information content (AvgIpc) is 2.73. The molecule has 0 N–H and O–H groups in total. The van der Waals surface area contributed by atoms with Gasteiger partial charge in [-0.15, -0.1) is 0 Å². The Hall–Kier alpha value is -3.18. The van der Waals surface area contributed by atoms with E-state index in [0.717, 1.165) is 21.7 Å². The summed E-state index contributed by atoms with van der Waals surface area (Å²) in [6.45, 7) is 3.95. The molecule has 4 rings (SSSR count). The fourth-order valence-electron chi connectivity index (χ4n) is 3.49. The second kappa shape index (κ2) is 7.44. The van der Waals surface area contributed by atoms with Crippen LogP contribution >= 0.6 is 11.6 Å². The van der Waals surface area contributed by atoms with E-state index in [4.69, 9.17) is 16.3 Å². The van der Waals surface area contributed by atoms with E-state index < -0.39 is 11.8 Å². The Balaban J connectivity index is 1.84. The van der Waals surface area contributed by atoms with E-state index in [1.165, 1.54) is 6.20 Å². The Morgan fingerprint density at radius 3 is 2.86 bits per heavy atom. The summed E-state index contributed by atoms with van der Waals surface area (Å²) in [7, 11) is 0. The van der Waals surface area contributed by atoms with Gasteiger partial charge in [0.15, 0.2) is 0 Å². The topological polar surface area (TPSA) is 59.5 Å². The van der Waals surface area contributed by atoms with Crippen molar-refractivity contribution in [3.05, 3.63) is 78.1 Å². The normalized spacial score (nSPS) is 15.4. The average molecular weight is 393 g/mol. The van der Waals surface area contributed by atoms with Crippen LogP contribution in [0.2, 0.25) is 5.02 Å². The first-order valence-electron chi connectivity index (χ1n) is 8.85. The summed E-state index contributed by atoms with van der Waals surface area (Å²) in [6, 6.07) is 12.7. The molecule has 2 aromatic carbocycles. The van der Waals surface area contributed by atoms with Gasteiger partial charge in [0, 0.05) is 27.6 Å². The van der Waals surface area contributed by atoms with Crippen LogP contribution in [0.1, 0.15) is 17.9 Å². The number of imide groups is 1. The van der Waals surface area contributed by atoms with Crippen molar-refractivity contribution >= 4 is 39.9 Å². The van der Waals surface area contributed by atoms with E-state index in [9.17, 15) is 9.59 Å². The largest absolute Gasteiger partial charge is 0.493 e. The van der Waals surface area contributed by atoms with Gasteiger partial charge in [0.2, 0.25) is 5.91 Å². The van der Waals surface area contributed by atoms with Gasteiger partial charge in [-0.05, 0) is 30.7 Å². The molecule has 0 spiro atoms. The molecule has 2 amide bonds. The van der Waals surface area contributed by atoms with Gasteiger partial charge in [0.25, 0.3) is 5.91 Å². The number of pyridine rings is 1. The zero-order valence-corrected chi connectivity index (χ0v) is 15.7. The molecule has 0 radical (unpaired) electrons. The van der Waals surface area contributed by atoms with E-state index in [0.29, 0.717) is 35.1 Å². The molecule has 0 aliphatic carbocycles. The Bertz CT molecular complexity index is 1090.